The molecule has 8 heteroatoms. The molecule has 0 fully saturated rings. The molecule has 198 valence electrons. The first kappa shape index (κ1) is 25.0. The van der Waals surface area contributed by atoms with Gasteiger partial charge < -0.3 is 23.1 Å². The maximum absolute atomic E-state index is 6.51. The van der Waals surface area contributed by atoms with E-state index in [0.717, 1.165) is 50.2 Å². The second-order valence-electron chi connectivity index (χ2n) is 9.33. The van der Waals surface area contributed by atoms with Crippen molar-refractivity contribution in [2.45, 2.75) is 0 Å². The monoisotopic (exact) mass is 711 g/mol. The Labute approximate surface area is 249 Å². The zero-order valence-electron chi connectivity index (χ0n) is 21.5. The number of hydrogen-bond acceptors (Lipinski definition) is 4. The van der Waals surface area contributed by atoms with Gasteiger partial charge in [0.05, 0.1) is 5.75 Å². The summed E-state index contributed by atoms with van der Waals surface area (Å²) in [4.78, 5) is 13.8. The Morgan fingerprint density at radius 1 is 0.634 bits per heavy atom. The predicted octanol–water partition coefficient (Wildman–Crippen LogP) is 7.09. The van der Waals surface area contributed by atoms with Gasteiger partial charge in [-0.05, 0) is 47.1 Å². The number of rotatable bonds is 4. The van der Waals surface area contributed by atoms with E-state index in [2.05, 4.69) is 49.9 Å². The van der Waals surface area contributed by atoms with Crippen molar-refractivity contribution >= 4 is 33.1 Å². The quantitative estimate of drug-likeness (QED) is 0.183. The number of pyridine rings is 2. The molecule has 0 saturated carbocycles. The van der Waals surface area contributed by atoms with E-state index in [1.807, 2.05) is 94.1 Å². The van der Waals surface area contributed by atoms with E-state index >= 15 is 0 Å². The maximum atomic E-state index is 6.51. The summed E-state index contributed by atoms with van der Waals surface area (Å²) in [5, 5.41) is 2.20. The summed E-state index contributed by atoms with van der Waals surface area (Å²) < 4.78 is 12.6. The first-order valence-corrected chi connectivity index (χ1v) is 12.9. The molecule has 0 aliphatic rings. The number of hydrogen-bond donors (Lipinski definition) is 0. The van der Waals surface area contributed by atoms with Crippen molar-refractivity contribution in [3.8, 4) is 28.6 Å². The standard InChI is InChI=1S/C33H20N6O.Pt/c1-2-10-30-25(8-1)26-14-13-23(21-31(26)39(30)32-12-4-6-16-35-32)40-24-20-27(28-9-3-5-15-34-28)29-11-7-18-38(29)33-36-17-19-37(33)22-24;/h1-19,22H;/q-2;+2. The molecule has 6 aromatic heterocycles. The second kappa shape index (κ2) is 10.2. The van der Waals surface area contributed by atoms with Crippen molar-refractivity contribution in [1.29, 1.82) is 0 Å². The van der Waals surface area contributed by atoms with Gasteiger partial charge >= 0.3 is 21.1 Å². The minimum absolute atomic E-state index is 0. The van der Waals surface area contributed by atoms with E-state index in [0.29, 0.717) is 11.5 Å². The fourth-order valence-corrected chi connectivity index (χ4v) is 5.23. The molecule has 0 aliphatic carbocycles. The molecular weight excluding hydrogens is 691 g/mol. The van der Waals surface area contributed by atoms with Crippen LogP contribution in [0.1, 0.15) is 0 Å². The molecule has 0 unspecified atom stereocenters. The summed E-state index contributed by atoms with van der Waals surface area (Å²) in [6.07, 6.45) is 11.1. The Morgan fingerprint density at radius 3 is 2.32 bits per heavy atom. The summed E-state index contributed by atoms with van der Waals surface area (Å²) in [7, 11) is 0. The molecule has 0 spiro atoms. The van der Waals surface area contributed by atoms with Gasteiger partial charge in [-0.3, -0.25) is 0 Å². The summed E-state index contributed by atoms with van der Waals surface area (Å²) in [6.45, 7) is 0. The van der Waals surface area contributed by atoms with Crippen LogP contribution in [0.2, 0.25) is 0 Å². The summed E-state index contributed by atoms with van der Waals surface area (Å²) in [5.41, 5.74) is 4.44. The van der Waals surface area contributed by atoms with Crippen molar-refractivity contribution in [2.75, 3.05) is 0 Å². The van der Waals surface area contributed by atoms with Crippen molar-refractivity contribution in [3.63, 3.8) is 0 Å². The Hall–Kier alpha value is -5.00. The normalized spacial score (nSPS) is 11.2. The molecule has 8 rings (SSSR count). The zero-order valence-corrected chi connectivity index (χ0v) is 23.7. The van der Waals surface area contributed by atoms with E-state index in [9.17, 15) is 0 Å². The van der Waals surface area contributed by atoms with Crippen LogP contribution in [0.3, 0.4) is 0 Å². The molecule has 0 aliphatic heterocycles. The fourth-order valence-electron chi connectivity index (χ4n) is 5.23. The molecule has 0 radical (unpaired) electrons. The first-order chi connectivity index (χ1) is 19.8. The third-order valence-electron chi connectivity index (χ3n) is 6.95. The largest absolute Gasteiger partial charge is 2.00 e. The van der Waals surface area contributed by atoms with Gasteiger partial charge in [0.1, 0.15) is 5.82 Å². The molecule has 0 amide bonds. The Morgan fingerprint density at radius 2 is 1.46 bits per heavy atom. The van der Waals surface area contributed by atoms with Gasteiger partial charge in [-0.25, -0.2) is 9.97 Å². The molecule has 0 saturated heterocycles. The third kappa shape index (κ3) is 4.22. The summed E-state index contributed by atoms with van der Waals surface area (Å²) in [6, 6.07) is 35.1. The smallest absolute Gasteiger partial charge is 0.501 e. The van der Waals surface area contributed by atoms with E-state index in [1.165, 1.54) is 0 Å². The van der Waals surface area contributed by atoms with Gasteiger partial charge in [-0.1, -0.05) is 65.7 Å². The van der Waals surface area contributed by atoms with Crippen LogP contribution in [0.5, 0.6) is 11.5 Å². The fraction of sp³-hybridized carbons (Fsp3) is 0. The predicted molar refractivity (Wildman–Crippen MR) is 155 cm³/mol. The Balaban J connectivity index is 0.00000276. The number of imidazole rings is 1. The van der Waals surface area contributed by atoms with Gasteiger partial charge in [0.25, 0.3) is 0 Å². The molecule has 0 bridgehead atoms. The minimum atomic E-state index is 0. The maximum Gasteiger partial charge on any atom is 2.00 e. The number of nitrogens with zero attached hydrogens (tertiary/aromatic N) is 6. The van der Waals surface area contributed by atoms with Crippen LogP contribution in [0.4, 0.5) is 0 Å². The number of fused-ring (bicyclic) bond motifs is 6. The van der Waals surface area contributed by atoms with Gasteiger partial charge in [-0.2, -0.15) is 6.07 Å². The van der Waals surface area contributed by atoms with Gasteiger partial charge in [0.2, 0.25) is 5.78 Å². The topological polar surface area (TPSA) is 61.7 Å². The van der Waals surface area contributed by atoms with Crippen molar-refractivity contribution < 1.29 is 25.8 Å². The molecule has 0 N–H and O–H groups in total. The molecule has 6 heterocycles. The van der Waals surface area contributed by atoms with Gasteiger partial charge in [0.15, 0.2) is 0 Å². The average Bonchev–Trinajstić information content (AvgIpc) is 3.73. The zero-order chi connectivity index (χ0) is 26.5. The van der Waals surface area contributed by atoms with Crippen LogP contribution in [-0.2, 0) is 21.1 Å². The van der Waals surface area contributed by atoms with E-state index < -0.39 is 0 Å². The van der Waals surface area contributed by atoms with Crippen LogP contribution in [0.25, 0.3) is 50.2 Å². The second-order valence-corrected chi connectivity index (χ2v) is 9.33. The molecule has 0 atom stereocenters. The van der Waals surface area contributed by atoms with Gasteiger partial charge in [0, 0.05) is 42.3 Å². The van der Waals surface area contributed by atoms with Crippen LogP contribution >= 0.6 is 0 Å². The van der Waals surface area contributed by atoms with Crippen LogP contribution < -0.4 is 4.74 Å². The Bertz CT molecular complexity index is 2200. The van der Waals surface area contributed by atoms with E-state index in [4.69, 9.17) is 4.74 Å². The van der Waals surface area contributed by atoms with Crippen molar-refractivity contribution in [1.82, 2.24) is 28.3 Å². The SMILES string of the molecule is [Pt+2].[c-]1c(Oc2[c-]c3c(cc2)c2ccccc2n3-c2ccccn2)cn2ccnc2n2cccc2c1-c1ccccn1. The molecule has 8 aromatic rings. The minimum Gasteiger partial charge on any atom is -0.501 e. The van der Waals surface area contributed by atoms with E-state index in [1.54, 1.807) is 18.6 Å². The summed E-state index contributed by atoms with van der Waals surface area (Å²) >= 11 is 0. The van der Waals surface area contributed by atoms with Crippen molar-refractivity contribution in [3.05, 3.63) is 134 Å². The summed E-state index contributed by atoms with van der Waals surface area (Å²) in [5.74, 6) is 2.62. The number of para-hydroxylation sites is 1. The van der Waals surface area contributed by atoms with E-state index in [-0.39, 0.29) is 21.1 Å². The van der Waals surface area contributed by atoms with Crippen LogP contribution in [0, 0.1) is 12.1 Å². The van der Waals surface area contributed by atoms with Crippen molar-refractivity contribution in [2.24, 2.45) is 0 Å². The number of benzene rings is 2. The number of ether oxygens (including phenoxy) is 1. The molecular formula is C33H20N6OPt. The molecule has 2 aromatic carbocycles. The van der Waals surface area contributed by atoms with Gasteiger partial charge in [-0.15, -0.1) is 17.5 Å². The third-order valence-corrected chi connectivity index (χ3v) is 6.95. The van der Waals surface area contributed by atoms with Crippen LogP contribution in [-0.4, -0.2) is 28.3 Å². The van der Waals surface area contributed by atoms with Crippen LogP contribution in [0.15, 0.2) is 122 Å². The first-order valence-electron chi connectivity index (χ1n) is 12.9. The Kier molecular flexibility index (Phi) is 6.21. The average molecular weight is 712 g/mol. The molecule has 7 nitrogen and oxygen atoms in total. The molecule has 41 heavy (non-hydrogen) atoms. The number of aromatic nitrogens is 6.